The van der Waals surface area contributed by atoms with Crippen LogP contribution >= 0.6 is 0 Å². The molecule has 1 aromatic carbocycles. The van der Waals surface area contributed by atoms with E-state index in [4.69, 9.17) is 9.47 Å². The lowest BCUT2D eigenvalue weighted by Crippen LogP contribution is -2.41. The predicted octanol–water partition coefficient (Wildman–Crippen LogP) is 2.97. The molecule has 5 nitrogen and oxygen atoms in total. The average Bonchev–Trinajstić information content (AvgIpc) is 2.60. The summed E-state index contributed by atoms with van der Waals surface area (Å²) in [6, 6.07) is 8.95. The zero-order valence-corrected chi connectivity index (χ0v) is 14.8. The van der Waals surface area contributed by atoms with Gasteiger partial charge in [0.05, 0.1) is 23.3 Å². The van der Waals surface area contributed by atoms with Gasteiger partial charge in [0, 0.05) is 5.92 Å². The summed E-state index contributed by atoms with van der Waals surface area (Å²) in [6.45, 7) is 5.73. The monoisotopic (exact) mass is 346 g/mol. The fourth-order valence-electron chi connectivity index (χ4n) is 2.15. The molecule has 2 rings (SSSR count). The third-order valence-corrected chi connectivity index (χ3v) is 5.06. The first-order valence-electron chi connectivity index (χ1n) is 7.79. The molecule has 1 aliphatic heterocycles. The minimum atomic E-state index is -1.45. The lowest BCUT2D eigenvalue weighted by molar-refractivity contribution is -0.122. The van der Waals surface area contributed by atoms with Gasteiger partial charge in [-0.05, 0) is 38.1 Å². The van der Waals surface area contributed by atoms with Gasteiger partial charge < -0.3 is 9.47 Å². The molecule has 0 saturated carbocycles. The maximum absolute atomic E-state index is 12.4. The van der Waals surface area contributed by atoms with E-state index in [9.17, 15) is 9.47 Å². The van der Waals surface area contributed by atoms with Crippen molar-refractivity contribution >= 4 is 11.0 Å². The smallest absolute Gasteiger partial charge is 0.219 e. The van der Waals surface area contributed by atoms with Crippen LogP contribution in [0.3, 0.4) is 0 Å². The van der Waals surface area contributed by atoms with E-state index in [1.165, 1.54) is 0 Å². The number of ether oxygens (including phenoxy) is 2. The van der Waals surface area contributed by atoms with Crippen molar-refractivity contribution in [3.8, 4) is 6.07 Å². The zero-order valence-electron chi connectivity index (χ0n) is 14.0. The number of benzene rings is 1. The standard InChI is InChI=1S/C18H22N2O3S/c1-13-7-9-16(10-8-13)24(21)20-17(12-19)14(2)15(3)23-18-6-4-5-11-22-18/h4-11,14-15,17-18,20H,1-3H3/t14-,15+,17-,18-,24?/m1/s1. The molecule has 1 aliphatic rings. The Bertz CT molecular complexity index is 664. The van der Waals surface area contributed by atoms with E-state index in [-0.39, 0.29) is 12.0 Å². The number of aryl methyl sites for hydroxylation is 1. The molecule has 0 aliphatic carbocycles. The number of hydrogen-bond acceptors (Lipinski definition) is 4. The molecule has 0 spiro atoms. The highest BCUT2D eigenvalue weighted by Gasteiger charge is 2.27. The normalized spacial score (nSPS) is 21.3. The SMILES string of the molecule is Cc1ccc(S(=O)N[C@H](C#N)[C@H](C)[C@H](C)O[C@@H]2C=CC=CO2)cc1. The third kappa shape index (κ3) is 5.03. The summed E-state index contributed by atoms with van der Waals surface area (Å²) in [7, 11) is -1.45. The van der Waals surface area contributed by atoms with Gasteiger partial charge in [-0.1, -0.05) is 30.7 Å². The van der Waals surface area contributed by atoms with Gasteiger partial charge >= 0.3 is 0 Å². The van der Waals surface area contributed by atoms with Crippen LogP contribution in [0.5, 0.6) is 0 Å². The van der Waals surface area contributed by atoms with Crippen molar-refractivity contribution in [3.05, 3.63) is 54.3 Å². The van der Waals surface area contributed by atoms with Gasteiger partial charge in [0.1, 0.15) is 17.0 Å². The summed E-state index contributed by atoms with van der Waals surface area (Å²) in [4.78, 5) is 0.644. The van der Waals surface area contributed by atoms with Crippen LogP contribution in [0.1, 0.15) is 19.4 Å². The summed E-state index contributed by atoms with van der Waals surface area (Å²) in [5.41, 5.74) is 1.09. The Balaban J connectivity index is 1.95. The molecule has 0 saturated heterocycles. The summed E-state index contributed by atoms with van der Waals surface area (Å²) >= 11 is 0. The topological polar surface area (TPSA) is 71.4 Å². The summed E-state index contributed by atoms with van der Waals surface area (Å²) < 4.78 is 26.4. The fraction of sp³-hybridized carbons (Fsp3) is 0.389. The van der Waals surface area contributed by atoms with E-state index in [1.807, 2.05) is 39.0 Å². The molecule has 6 heteroatoms. The van der Waals surface area contributed by atoms with E-state index in [1.54, 1.807) is 30.5 Å². The van der Waals surface area contributed by atoms with Crippen molar-refractivity contribution in [2.45, 2.75) is 44.1 Å². The summed E-state index contributed by atoms with van der Waals surface area (Å²) in [6.07, 6.45) is 6.26. The second-order valence-corrected chi connectivity index (χ2v) is 6.97. The predicted molar refractivity (Wildman–Crippen MR) is 93.0 cm³/mol. The Morgan fingerprint density at radius 1 is 1.29 bits per heavy atom. The molecular weight excluding hydrogens is 324 g/mol. The van der Waals surface area contributed by atoms with E-state index in [0.717, 1.165) is 5.56 Å². The zero-order chi connectivity index (χ0) is 17.5. The first-order chi connectivity index (χ1) is 11.5. The third-order valence-electron chi connectivity index (χ3n) is 3.89. The second-order valence-electron chi connectivity index (χ2n) is 5.72. The number of nitriles is 1. The van der Waals surface area contributed by atoms with Crippen LogP contribution in [0.4, 0.5) is 0 Å². The first kappa shape index (κ1) is 18.4. The molecule has 0 aromatic heterocycles. The molecule has 0 fully saturated rings. The maximum Gasteiger partial charge on any atom is 0.219 e. The van der Waals surface area contributed by atoms with E-state index < -0.39 is 23.3 Å². The number of allylic oxidation sites excluding steroid dienone is 2. The van der Waals surface area contributed by atoms with Gasteiger partial charge in [0.15, 0.2) is 0 Å². The van der Waals surface area contributed by atoms with Gasteiger partial charge in [0.25, 0.3) is 0 Å². The molecule has 1 heterocycles. The fourth-order valence-corrected chi connectivity index (χ4v) is 3.17. The van der Waals surface area contributed by atoms with Crippen LogP contribution in [-0.2, 0) is 20.5 Å². The van der Waals surface area contributed by atoms with E-state index >= 15 is 0 Å². The number of nitrogens with zero attached hydrogens (tertiary/aromatic N) is 1. The number of rotatable bonds is 7. The number of nitrogens with one attached hydrogen (secondary N) is 1. The summed E-state index contributed by atoms with van der Waals surface area (Å²) in [5, 5.41) is 9.43. The van der Waals surface area contributed by atoms with Crippen LogP contribution in [-0.4, -0.2) is 22.6 Å². The van der Waals surface area contributed by atoms with Crippen LogP contribution in [0.25, 0.3) is 0 Å². The van der Waals surface area contributed by atoms with Crippen LogP contribution < -0.4 is 4.72 Å². The molecule has 24 heavy (non-hydrogen) atoms. The van der Waals surface area contributed by atoms with Gasteiger partial charge in [-0.3, -0.25) is 0 Å². The second kappa shape index (κ2) is 8.78. The maximum atomic E-state index is 12.4. The Hall–Kier alpha value is -1.94. The minimum Gasteiger partial charge on any atom is -0.469 e. The molecule has 128 valence electrons. The lowest BCUT2D eigenvalue weighted by Gasteiger charge is -2.27. The molecule has 0 bridgehead atoms. The van der Waals surface area contributed by atoms with Crippen LogP contribution in [0, 0.1) is 24.2 Å². The molecule has 5 atom stereocenters. The molecule has 1 unspecified atom stereocenters. The van der Waals surface area contributed by atoms with Gasteiger partial charge in [-0.25, -0.2) is 8.93 Å². The van der Waals surface area contributed by atoms with Crippen molar-refractivity contribution in [2.75, 3.05) is 0 Å². The van der Waals surface area contributed by atoms with Crippen molar-refractivity contribution in [2.24, 2.45) is 5.92 Å². The average molecular weight is 346 g/mol. The molecular formula is C18H22N2O3S. The van der Waals surface area contributed by atoms with Crippen molar-refractivity contribution in [1.82, 2.24) is 4.72 Å². The van der Waals surface area contributed by atoms with Gasteiger partial charge in [-0.15, -0.1) is 0 Å². The highest BCUT2D eigenvalue weighted by atomic mass is 32.2. The largest absolute Gasteiger partial charge is 0.469 e. The highest BCUT2D eigenvalue weighted by Crippen LogP contribution is 2.17. The molecule has 0 radical (unpaired) electrons. The quantitative estimate of drug-likeness (QED) is 0.824. The Kier molecular flexibility index (Phi) is 6.73. The Morgan fingerprint density at radius 3 is 2.58 bits per heavy atom. The molecule has 1 N–H and O–H groups in total. The van der Waals surface area contributed by atoms with Crippen LogP contribution in [0.15, 0.2) is 53.7 Å². The van der Waals surface area contributed by atoms with Crippen molar-refractivity contribution in [3.63, 3.8) is 0 Å². The van der Waals surface area contributed by atoms with E-state index in [0.29, 0.717) is 4.90 Å². The molecule has 0 amide bonds. The molecule has 1 aromatic rings. The van der Waals surface area contributed by atoms with Gasteiger partial charge in [0.2, 0.25) is 6.29 Å². The summed E-state index contributed by atoms with van der Waals surface area (Å²) in [5.74, 6) is -0.174. The Morgan fingerprint density at radius 2 is 2.00 bits per heavy atom. The van der Waals surface area contributed by atoms with Crippen molar-refractivity contribution in [1.29, 1.82) is 5.26 Å². The lowest BCUT2D eigenvalue weighted by atomic mass is 9.98. The highest BCUT2D eigenvalue weighted by molar-refractivity contribution is 7.83. The Labute approximate surface area is 145 Å². The first-order valence-corrected chi connectivity index (χ1v) is 8.94. The minimum absolute atomic E-state index is 0.174. The number of hydrogen-bond donors (Lipinski definition) is 1. The van der Waals surface area contributed by atoms with Crippen molar-refractivity contribution < 1.29 is 13.7 Å². The van der Waals surface area contributed by atoms with E-state index in [2.05, 4.69) is 10.8 Å². The van der Waals surface area contributed by atoms with Gasteiger partial charge in [-0.2, -0.15) is 5.26 Å². The van der Waals surface area contributed by atoms with Crippen LogP contribution in [0.2, 0.25) is 0 Å².